The first-order valence-electron chi connectivity index (χ1n) is 34.0. The maximum atomic E-state index is 12.9. The minimum absolute atomic E-state index is 0.0798. The fraction of sp³-hybridized carbons (Fsp3) is 0.881. The Morgan fingerprint density at radius 1 is 0.267 bits per heavy atom. The predicted molar refractivity (Wildman–Crippen MR) is 336 cm³/mol. The molecule has 502 valence electrons. The van der Waals surface area contributed by atoms with Crippen molar-refractivity contribution in [2.75, 3.05) is 112 Å². The number of hydrogen-bond donors (Lipinski definition) is 0. The van der Waals surface area contributed by atoms with Crippen molar-refractivity contribution in [1.82, 2.24) is 14.7 Å². The van der Waals surface area contributed by atoms with Crippen LogP contribution in [0, 0.1) is 23.7 Å². The van der Waals surface area contributed by atoms with Gasteiger partial charge in [0.05, 0.1) is 102 Å². The van der Waals surface area contributed by atoms with E-state index in [1.165, 1.54) is 0 Å². The van der Waals surface area contributed by atoms with Crippen LogP contribution in [0.1, 0.15) is 248 Å². The van der Waals surface area contributed by atoms with Crippen molar-refractivity contribution in [2.24, 2.45) is 23.7 Å². The number of hydrogen-bond acceptors (Lipinski definition) is 19. The molecule has 0 aromatic rings. The number of ether oxygens (including phenoxy) is 8. The summed E-state index contributed by atoms with van der Waals surface area (Å²) in [4.78, 5) is 108. The summed E-state index contributed by atoms with van der Waals surface area (Å²) < 4.78 is 44.1. The summed E-state index contributed by atoms with van der Waals surface area (Å²) in [5, 5.41) is 0. The molecule has 0 aliphatic rings. The number of carbonyl (C=O) groups excluding carboxylic acids is 8. The van der Waals surface area contributed by atoms with E-state index in [0.717, 1.165) is 129 Å². The summed E-state index contributed by atoms with van der Waals surface area (Å²) in [6.07, 6.45) is 21.2. The summed E-state index contributed by atoms with van der Waals surface area (Å²) in [6, 6.07) is 0. The van der Waals surface area contributed by atoms with Gasteiger partial charge in [-0.25, -0.2) is 0 Å². The lowest BCUT2D eigenvalue weighted by molar-refractivity contribution is -0.150. The predicted octanol–water partition coefficient (Wildman–Crippen LogP) is 12.2. The van der Waals surface area contributed by atoms with Gasteiger partial charge in [-0.2, -0.15) is 0 Å². The lowest BCUT2D eigenvalue weighted by atomic mass is 10.00. The zero-order chi connectivity index (χ0) is 63.8. The van der Waals surface area contributed by atoms with Gasteiger partial charge in [0.1, 0.15) is 0 Å². The molecule has 4 atom stereocenters. The number of carbonyl (C=O) groups is 8. The number of rotatable bonds is 60. The minimum atomic E-state index is -0.338. The highest BCUT2D eigenvalue weighted by Crippen LogP contribution is 2.18. The fourth-order valence-electron chi connectivity index (χ4n) is 9.68. The Hall–Kier alpha value is -4.36. The molecule has 19 nitrogen and oxygen atoms in total. The van der Waals surface area contributed by atoms with Gasteiger partial charge in [0.25, 0.3) is 0 Å². The molecule has 0 fully saturated rings. The van der Waals surface area contributed by atoms with E-state index >= 15 is 0 Å². The first-order chi connectivity index (χ1) is 41.6. The summed E-state index contributed by atoms with van der Waals surface area (Å²) in [5.74, 6) is -2.31. The second-order valence-corrected chi connectivity index (χ2v) is 23.1. The highest BCUT2D eigenvalue weighted by atomic mass is 16.6. The zero-order valence-electron chi connectivity index (χ0n) is 55.7. The van der Waals surface area contributed by atoms with Crippen LogP contribution in [-0.2, 0) is 76.3 Å². The summed E-state index contributed by atoms with van der Waals surface area (Å²) in [5.41, 5.74) is 0. The first-order valence-corrected chi connectivity index (χ1v) is 34.0. The first kappa shape index (κ1) is 81.6. The molecular weight excluding hydrogens is 1100 g/mol. The van der Waals surface area contributed by atoms with Crippen molar-refractivity contribution in [3.8, 4) is 0 Å². The Morgan fingerprint density at radius 3 is 0.674 bits per heavy atom. The van der Waals surface area contributed by atoms with E-state index in [1.807, 2.05) is 34.7 Å². The quantitative estimate of drug-likeness (QED) is 0.0314. The van der Waals surface area contributed by atoms with Crippen LogP contribution in [0.25, 0.3) is 0 Å². The molecule has 0 aromatic carbocycles. The molecule has 0 heterocycles. The van der Waals surface area contributed by atoms with Gasteiger partial charge >= 0.3 is 47.8 Å². The average Bonchev–Trinajstić information content (AvgIpc) is 3.53. The highest BCUT2D eigenvalue weighted by Gasteiger charge is 2.22. The monoisotopic (exact) mass is 1230 g/mol. The molecule has 0 aliphatic heterocycles. The number of esters is 8. The molecular formula is C67H123N3O16. The molecule has 0 bridgehead atoms. The third-order valence-corrected chi connectivity index (χ3v) is 15.7. The third kappa shape index (κ3) is 45.9. The van der Waals surface area contributed by atoms with Gasteiger partial charge in [0.2, 0.25) is 0 Å². The Kier molecular flexibility index (Phi) is 54.2. The molecule has 4 unspecified atom stereocenters. The summed E-state index contributed by atoms with van der Waals surface area (Å²) in [7, 11) is 2.04. The second-order valence-electron chi connectivity index (χ2n) is 23.1. The molecule has 0 aromatic heterocycles. The third-order valence-electron chi connectivity index (χ3n) is 15.7. The zero-order valence-corrected chi connectivity index (χ0v) is 55.7. The van der Waals surface area contributed by atoms with Crippen LogP contribution in [0.3, 0.4) is 0 Å². The number of unbranched alkanes of at least 4 members (excludes halogenated alkanes) is 8. The molecule has 0 aliphatic carbocycles. The van der Waals surface area contributed by atoms with E-state index in [1.54, 1.807) is 0 Å². The standard InChI is InChI=1S/C67H123N3O16/c1-10-18-32-56(14-5)64(75)83-52-26-22-48-79-60(71)36-44-69(45-37-61(72)80-49-23-27-53-84-65(76)57(15-6)33-19-11-2)42-30-40-68(9)41-31-43-70(46-38-62(73)81-50-24-28-54-85-66(77)58(16-7)34-20-12-3)47-39-63(74)82-51-25-29-55-86-67(78)59(17-8)35-21-13-4/h56-59H,10-55H2,1-9H3. The Bertz CT molecular complexity index is 1520. The van der Waals surface area contributed by atoms with E-state index in [-0.39, 0.29) is 124 Å². The maximum Gasteiger partial charge on any atom is 0.308 e. The smallest absolute Gasteiger partial charge is 0.308 e. The van der Waals surface area contributed by atoms with Gasteiger partial charge in [-0.15, -0.1) is 0 Å². The van der Waals surface area contributed by atoms with Gasteiger partial charge in [-0.3, -0.25) is 38.4 Å². The van der Waals surface area contributed by atoms with Gasteiger partial charge in [-0.1, -0.05) is 107 Å². The molecule has 0 spiro atoms. The van der Waals surface area contributed by atoms with E-state index < -0.39 is 0 Å². The maximum absolute atomic E-state index is 12.9. The van der Waals surface area contributed by atoms with E-state index in [2.05, 4.69) is 42.4 Å². The second kappa shape index (κ2) is 57.1. The Labute approximate surface area is 520 Å². The SMILES string of the molecule is CCCCC(CC)C(=O)OCCCCOC(=O)CCN(CCCN(C)CCCN(CCC(=O)OCCCCOC(=O)C(CC)CCCC)CCC(=O)OCCCCOC(=O)C(CC)CCCC)CCC(=O)OCCCCOC(=O)C(CC)CCCC. The van der Waals surface area contributed by atoms with Crippen LogP contribution in [0.4, 0.5) is 0 Å². The molecule has 86 heavy (non-hydrogen) atoms. The van der Waals surface area contributed by atoms with Crippen molar-refractivity contribution in [3.05, 3.63) is 0 Å². The van der Waals surface area contributed by atoms with Gasteiger partial charge in [0.15, 0.2) is 0 Å². The highest BCUT2D eigenvalue weighted by molar-refractivity contribution is 5.74. The van der Waals surface area contributed by atoms with Gasteiger partial charge < -0.3 is 52.6 Å². The van der Waals surface area contributed by atoms with Gasteiger partial charge in [0, 0.05) is 26.2 Å². The van der Waals surface area contributed by atoms with Crippen LogP contribution >= 0.6 is 0 Å². The molecule has 0 saturated heterocycles. The van der Waals surface area contributed by atoms with E-state index in [4.69, 9.17) is 37.9 Å². The van der Waals surface area contributed by atoms with Crippen LogP contribution in [0.2, 0.25) is 0 Å². The average molecular weight is 1230 g/mol. The summed E-state index contributed by atoms with van der Waals surface area (Å²) >= 11 is 0. The van der Waals surface area contributed by atoms with Crippen molar-refractivity contribution < 1.29 is 76.3 Å². The van der Waals surface area contributed by atoms with E-state index in [0.29, 0.717) is 117 Å². The van der Waals surface area contributed by atoms with Crippen LogP contribution in [-0.4, -0.2) is 175 Å². The normalized spacial score (nSPS) is 12.8. The van der Waals surface area contributed by atoms with E-state index in [9.17, 15) is 38.4 Å². The molecule has 0 saturated carbocycles. The Balaban J connectivity index is 5.42. The lowest BCUT2D eigenvalue weighted by Crippen LogP contribution is -2.34. The Morgan fingerprint density at radius 2 is 0.477 bits per heavy atom. The molecule has 0 radical (unpaired) electrons. The molecule has 19 heteroatoms. The number of nitrogens with zero attached hydrogens (tertiary/aromatic N) is 3. The van der Waals surface area contributed by atoms with Crippen molar-refractivity contribution in [2.45, 2.75) is 248 Å². The van der Waals surface area contributed by atoms with Crippen LogP contribution in [0.15, 0.2) is 0 Å². The fourth-order valence-corrected chi connectivity index (χ4v) is 9.68. The molecule has 0 N–H and O–H groups in total. The summed E-state index contributed by atoms with van der Waals surface area (Å²) in [6.45, 7) is 22.8. The lowest BCUT2D eigenvalue weighted by Gasteiger charge is -2.25. The van der Waals surface area contributed by atoms with Gasteiger partial charge in [-0.05, 0) is 149 Å². The molecule has 0 rings (SSSR count). The van der Waals surface area contributed by atoms with Crippen LogP contribution in [0.5, 0.6) is 0 Å². The van der Waals surface area contributed by atoms with Crippen molar-refractivity contribution in [1.29, 1.82) is 0 Å². The van der Waals surface area contributed by atoms with Crippen molar-refractivity contribution >= 4 is 47.8 Å². The minimum Gasteiger partial charge on any atom is -0.466 e. The largest absolute Gasteiger partial charge is 0.466 e. The van der Waals surface area contributed by atoms with Crippen LogP contribution < -0.4 is 0 Å². The molecule has 0 amide bonds. The van der Waals surface area contributed by atoms with Crippen molar-refractivity contribution in [3.63, 3.8) is 0 Å². The topological polar surface area (TPSA) is 220 Å².